The summed E-state index contributed by atoms with van der Waals surface area (Å²) in [6, 6.07) is 24.1. The van der Waals surface area contributed by atoms with E-state index in [9.17, 15) is 10.1 Å². The average molecular weight is 512 g/mol. The Balaban J connectivity index is 1.45. The summed E-state index contributed by atoms with van der Waals surface area (Å²) < 4.78 is 22.3. The maximum atomic E-state index is 12.8. The number of para-hydroxylation sites is 2. The molecular formula is C28H21N3O5S. The number of carbonyl (C=O) groups is 1. The molecule has 0 fully saturated rings. The van der Waals surface area contributed by atoms with Gasteiger partial charge in [-0.25, -0.2) is 4.98 Å². The second-order valence-electron chi connectivity index (χ2n) is 7.86. The molecule has 5 aromatic rings. The summed E-state index contributed by atoms with van der Waals surface area (Å²) in [5.74, 6) is 1.55. The van der Waals surface area contributed by atoms with Gasteiger partial charge >= 0.3 is 0 Å². The van der Waals surface area contributed by atoms with Gasteiger partial charge in [-0.3, -0.25) is 10.1 Å². The number of furan rings is 1. The molecule has 184 valence electrons. The first-order valence-electron chi connectivity index (χ1n) is 11.2. The number of ether oxygens (including phenoxy) is 2. The highest BCUT2D eigenvalue weighted by Crippen LogP contribution is 2.42. The lowest BCUT2D eigenvalue weighted by atomic mass is 9.98. The number of hydrogen-bond donors (Lipinski definition) is 1. The number of aromatic nitrogens is 1. The van der Waals surface area contributed by atoms with Gasteiger partial charge in [0.05, 0.1) is 20.0 Å². The van der Waals surface area contributed by atoms with E-state index >= 15 is 0 Å². The molecule has 9 heteroatoms. The molecular weight excluding hydrogens is 490 g/mol. The minimum atomic E-state index is -0.361. The van der Waals surface area contributed by atoms with E-state index < -0.39 is 0 Å². The Bertz CT molecular complexity index is 1570. The molecule has 3 aromatic carbocycles. The largest absolute Gasteiger partial charge is 0.497 e. The first-order valence-corrected chi connectivity index (χ1v) is 12.2. The van der Waals surface area contributed by atoms with Crippen molar-refractivity contribution in [1.29, 1.82) is 5.26 Å². The molecule has 0 aliphatic carbocycles. The van der Waals surface area contributed by atoms with Crippen LogP contribution >= 0.6 is 11.8 Å². The third-order valence-electron chi connectivity index (χ3n) is 5.60. The maximum absolute atomic E-state index is 12.8. The predicted molar refractivity (Wildman–Crippen MR) is 141 cm³/mol. The number of rotatable bonds is 8. The third kappa shape index (κ3) is 5.01. The van der Waals surface area contributed by atoms with Gasteiger partial charge in [0.25, 0.3) is 5.22 Å². The molecule has 5 rings (SSSR count). The Labute approximate surface area is 216 Å². The van der Waals surface area contributed by atoms with E-state index in [2.05, 4.69) is 16.4 Å². The number of methoxy groups -OCH3 is 2. The molecule has 0 aliphatic heterocycles. The Morgan fingerprint density at radius 2 is 1.59 bits per heavy atom. The number of oxazole rings is 1. The number of carbonyl (C=O) groups excluding carboxylic acids is 1. The molecule has 0 radical (unpaired) electrons. The Morgan fingerprint density at radius 1 is 0.946 bits per heavy atom. The van der Waals surface area contributed by atoms with Gasteiger partial charge in [-0.15, -0.1) is 0 Å². The molecule has 2 heterocycles. The summed E-state index contributed by atoms with van der Waals surface area (Å²) in [7, 11) is 3.17. The lowest BCUT2D eigenvalue weighted by Gasteiger charge is -2.06. The van der Waals surface area contributed by atoms with Crippen molar-refractivity contribution in [3.8, 4) is 40.0 Å². The van der Waals surface area contributed by atoms with Crippen molar-refractivity contribution in [3.05, 3.63) is 78.4 Å². The lowest BCUT2D eigenvalue weighted by molar-refractivity contribution is -0.113. The second-order valence-corrected chi connectivity index (χ2v) is 8.79. The van der Waals surface area contributed by atoms with Crippen LogP contribution in [0, 0.1) is 11.3 Å². The fourth-order valence-corrected chi connectivity index (χ4v) is 4.45. The molecule has 0 spiro atoms. The van der Waals surface area contributed by atoms with Crippen molar-refractivity contribution in [1.82, 2.24) is 4.98 Å². The number of fused-ring (bicyclic) bond motifs is 1. The summed E-state index contributed by atoms with van der Waals surface area (Å²) >= 11 is 1.16. The number of amides is 1. The van der Waals surface area contributed by atoms with Crippen LogP contribution in [0.25, 0.3) is 33.6 Å². The smallest absolute Gasteiger partial charge is 0.257 e. The first-order chi connectivity index (χ1) is 18.1. The molecule has 0 saturated carbocycles. The van der Waals surface area contributed by atoms with Crippen molar-refractivity contribution in [3.63, 3.8) is 0 Å². The van der Waals surface area contributed by atoms with Crippen molar-refractivity contribution in [2.24, 2.45) is 0 Å². The van der Waals surface area contributed by atoms with Crippen LogP contribution in [-0.2, 0) is 4.79 Å². The zero-order valence-electron chi connectivity index (χ0n) is 20.0. The van der Waals surface area contributed by atoms with Crippen LogP contribution < -0.4 is 14.8 Å². The zero-order chi connectivity index (χ0) is 25.8. The zero-order valence-corrected chi connectivity index (χ0v) is 20.8. The van der Waals surface area contributed by atoms with Gasteiger partial charge in [-0.2, -0.15) is 5.26 Å². The monoisotopic (exact) mass is 511 g/mol. The number of hydrogen-bond acceptors (Lipinski definition) is 8. The van der Waals surface area contributed by atoms with E-state index in [1.54, 1.807) is 38.5 Å². The molecule has 0 bridgehead atoms. The topological polar surface area (TPSA) is 111 Å². The summed E-state index contributed by atoms with van der Waals surface area (Å²) in [6.45, 7) is 0. The van der Waals surface area contributed by atoms with Crippen molar-refractivity contribution < 1.29 is 23.1 Å². The highest BCUT2D eigenvalue weighted by molar-refractivity contribution is 7.99. The number of benzene rings is 3. The number of nitrogens with zero attached hydrogens (tertiary/aromatic N) is 2. The van der Waals surface area contributed by atoms with Crippen molar-refractivity contribution >= 4 is 34.7 Å². The van der Waals surface area contributed by atoms with Crippen LogP contribution in [0.5, 0.6) is 11.5 Å². The summed E-state index contributed by atoms with van der Waals surface area (Å²) in [5.41, 5.74) is 3.62. The molecule has 0 aliphatic rings. The number of thioether (sulfide) groups is 1. The van der Waals surface area contributed by atoms with Gasteiger partial charge in [-0.1, -0.05) is 36.0 Å². The third-order valence-corrected chi connectivity index (χ3v) is 6.43. The van der Waals surface area contributed by atoms with Gasteiger partial charge in [0.1, 0.15) is 34.4 Å². The summed E-state index contributed by atoms with van der Waals surface area (Å²) in [6.07, 6.45) is 0. The van der Waals surface area contributed by atoms with Crippen molar-refractivity contribution in [2.45, 2.75) is 5.22 Å². The van der Waals surface area contributed by atoms with Crippen LogP contribution in [0.3, 0.4) is 0 Å². The van der Waals surface area contributed by atoms with Crippen LogP contribution in [-0.4, -0.2) is 30.9 Å². The fourth-order valence-electron chi connectivity index (χ4n) is 3.81. The van der Waals surface area contributed by atoms with Gasteiger partial charge in [0.15, 0.2) is 5.58 Å². The van der Waals surface area contributed by atoms with Crippen molar-refractivity contribution in [2.75, 3.05) is 25.3 Å². The quantitative estimate of drug-likeness (QED) is 0.239. The molecule has 8 nitrogen and oxygen atoms in total. The minimum absolute atomic E-state index is 0.0220. The number of nitrogens with one attached hydrogen (secondary N) is 1. The Morgan fingerprint density at radius 3 is 2.22 bits per heavy atom. The van der Waals surface area contributed by atoms with Crippen LogP contribution in [0.15, 0.2) is 86.9 Å². The molecule has 0 saturated heterocycles. The SMILES string of the molecule is COc1ccc(-c2oc(NC(=O)CSc3nc4ccccc4o3)c(C#N)c2-c2ccc(OC)cc2)cc1. The second kappa shape index (κ2) is 10.5. The maximum Gasteiger partial charge on any atom is 0.257 e. The van der Waals surface area contributed by atoms with Gasteiger partial charge < -0.3 is 18.3 Å². The number of anilines is 1. The molecule has 1 amide bonds. The van der Waals surface area contributed by atoms with Crippen LogP contribution in [0.4, 0.5) is 5.88 Å². The lowest BCUT2D eigenvalue weighted by Crippen LogP contribution is -2.14. The fraction of sp³-hybridized carbons (Fsp3) is 0.107. The van der Waals surface area contributed by atoms with E-state index in [1.165, 1.54) is 0 Å². The standard InChI is InChI=1S/C28H21N3O5S/c1-33-19-11-7-17(8-12-19)25-21(15-29)27(36-26(25)18-9-13-20(34-2)14-10-18)31-24(32)16-37-28-30-22-5-3-4-6-23(22)35-28/h3-14H,16H2,1-2H3,(H,31,32). The number of nitriles is 1. The summed E-state index contributed by atoms with van der Waals surface area (Å²) in [5, 5.41) is 13.2. The van der Waals surface area contributed by atoms with E-state index in [0.29, 0.717) is 33.6 Å². The van der Waals surface area contributed by atoms with Gasteiger partial charge in [-0.05, 0) is 54.1 Å². The molecule has 1 N–H and O–H groups in total. The predicted octanol–water partition coefficient (Wildman–Crippen LogP) is 6.37. The molecule has 37 heavy (non-hydrogen) atoms. The molecule has 2 aromatic heterocycles. The molecule has 0 atom stereocenters. The van der Waals surface area contributed by atoms with E-state index in [0.717, 1.165) is 28.4 Å². The van der Waals surface area contributed by atoms with E-state index in [4.69, 9.17) is 18.3 Å². The first kappa shape index (κ1) is 24.0. The van der Waals surface area contributed by atoms with Crippen LogP contribution in [0.1, 0.15) is 5.56 Å². The Hall–Kier alpha value is -4.68. The van der Waals surface area contributed by atoms with E-state index in [1.807, 2.05) is 48.5 Å². The van der Waals surface area contributed by atoms with Gasteiger partial charge in [0, 0.05) is 11.1 Å². The highest BCUT2D eigenvalue weighted by atomic mass is 32.2. The van der Waals surface area contributed by atoms with Gasteiger partial charge in [0.2, 0.25) is 11.8 Å². The average Bonchev–Trinajstić information content (AvgIpc) is 3.53. The summed E-state index contributed by atoms with van der Waals surface area (Å²) in [4.78, 5) is 17.2. The minimum Gasteiger partial charge on any atom is -0.497 e. The Kier molecular flexibility index (Phi) is 6.83. The molecule has 0 unspecified atom stereocenters. The highest BCUT2D eigenvalue weighted by Gasteiger charge is 2.24. The van der Waals surface area contributed by atoms with E-state index in [-0.39, 0.29) is 23.1 Å². The van der Waals surface area contributed by atoms with Crippen LogP contribution in [0.2, 0.25) is 0 Å². The normalized spacial score (nSPS) is 10.7.